The first-order valence-corrected chi connectivity index (χ1v) is 6.47. The second-order valence-electron chi connectivity index (χ2n) is 4.22. The molecule has 0 amide bonds. The molecule has 0 aromatic heterocycles. The van der Waals surface area contributed by atoms with E-state index in [2.05, 4.69) is 6.92 Å². The third kappa shape index (κ3) is 17.2. The summed E-state index contributed by atoms with van der Waals surface area (Å²) in [6.45, 7) is 2.13. The predicted molar refractivity (Wildman–Crippen MR) is 69.6 cm³/mol. The van der Waals surface area contributed by atoms with Gasteiger partial charge in [0.05, 0.1) is 6.67 Å². The van der Waals surface area contributed by atoms with Gasteiger partial charge in [0.15, 0.2) is 0 Å². The van der Waals surface area contributed by atoms with Crippen molar-refractivity contribution < 1.29 is 4.39 Å². The van der Waals surface area contributed by atoms with E-state index >= 15 is 0 Å². The molecule has 0 aromatic carbocycles. The van der Waals surface area contributed by atoms with E-state index in [0.717, 1.165) is 12.8 Å². The van der Waals surface area contributed by atoms with Crippen LogP contribution in [0.2, 0.25) is 0 Å². The summed E-state index contributed by atoms with van der Waals surface area (Å²) in [6.07, 6.45) is 14.1. The van der Waals surface area contributed by atoms with Crippen molar-refractivity contribution in [3.8, 4) is 0 Å². The van der Waals surface area contributed by atoms with Crippen LogP contribution in [0, 0.1) is 0 Å². The molecule has 2 heteroatoms. The van der Waals surface area contributed by atoms with Gasteiger partial charge in [0.1, 0.15) is 0 Å². The van der Waals surface area contributed by atoms with Gasteiger partial charge in [-0.3, -0.25) is 4.39 Å². The monoisotopic (exact) mass is 210 g/mol. The molecule has 0 rings (SSSR count). The molecule has 0 spiro atoms. The van der Waals surface area contributed by atoms with Crippen molar-refractivity contribution >= 4 is 18.9 Å². The molecule has 0 fully saturated rings. The third-order valence-corrected chi connectivity index (χ3v) is 2.74. The van der Waals surface area contributed by atoms with E-state index in [0.29, 0.717) is 0 Å². The van der Waals surface area contributed by atoms with Crippen LogP contribution in [-0.2, 0) is 0 Å². The van der Waals surface area contributed by atoms with Crippen LogP contribution in [0.5, 0.6) is 0 Å². The zero-order valence-electron chi connectivity index (χ0n) is 9.86. The Morgan fingerprint density at radius 2 is 0.933 bits per heavy atom. The van der Waals surface area contributed by atoms with Crippen molar-refractivity contribution in [1.82, 2.24) is 0 Å². The fourth-order valence-corrected chi connectivity index (χ4v) is 1.76. The van der Waals surface area contributed by atoms with Gasteiger partial charge in [0.25, 0.3) is 0 Å². The Labute approximate surface area is 108 Å². The van der Waals surface area contributed by atoms with Gasteiger partial charge in [0.2, 0.25) is 0 Å². The minimum absolute atomic E-state index is 0. The van der Waals surface area contributed by atoms with E-state index in [1.165, 1.54) is 57.8 Å². The van der Waals surface area contributed by atoms with Crippen LogP contribution in [0.3, 0.4) is 0 Å². The zero-order chi connectivity index (χ0) is 10.5. The van der Waals surface area contributed by atoms with E-state index in [4.69, 9.17) is 0 Å². The number of rotatable bonds is 11. The molecule has 0 aliphatic heterocycles. The summed E-state index contributed by atoms with van der Waals surface area (Å²) in [6, 6.07) is 0. The molecule has 0 heterocycles. The Kier molecular flexibility index (Phi) is 20.2. The average molecular weight is 210 g/mol. The first-order chi connectivity index (χ1) is 6.91. The molecule has 0 nitrogen and oxygen atoms in total. The molecule has 0 radical (unpaired) electrons. The van der Waals surface area contributed by atoms with Gasteiger partial charge in [-0.05, 0) is 6.42 Å². The first-order valence-electron chi connectivity index (χ1n) is 6.47. The Bertz CT molecular complexity index is 84.5. The summed E-state index contributed by atoms with van der Waals surface area (Å²) in [7, 11) is 0. The van der Waals surface area contributed by atoms with Crippen molar-refractivity contribution in [2.75, 3.05) is 6.67 Å². The number of halogens is 1. The van der Waals surface area contributed by atoms with Gasteiger partial charge in [-0.15, -0.1) is 0 Å². The predicted octanol–water partition coefficient (Wildman–Crippen LogP) is 4.62. The van der Waals surface area contributed by atoms with Crippen LogP contribution in [0.25, 0.3) is 0 Å². The first kappa shape index (κ1) is 17.9. The van der Waals surface area contributed by atoms with Crippen LogP contribution in [0.15, 0.2) is 0 Å². The molecule has 0 atom stereocenters. The van der Waals surface area contributed by atoms with Gasteiger partial charge in [-0.1, -0.05) is 71.1 Å². The molecule has 88 valence electrons. The van der Waals surface area contributed by atoms with Gasteiger partial charge in [0, 0.05) is 0 Å². The minimum atomic E-state index is -0.128. The second-order valence-corrected chi connectivity index (χ2v) is 4.22. The fourth-order valence-electron chi connectivity index (χ4n) is 1.76. The molecular weight excluding hydrogens is 182 g/mol. The van der Waals surface area contributed by atoms with Gasteiger partial charge < -0.3 is 0 Å². The normalized spacial score (nSPS) is 10.0. The molecular formula is C13H28FLi. The SMILES string of the molecule is CCCCCCCCCCCCCF.[LiH]. The molecule has 0 saturated heterocycles. The average Bonchev–Trinajstić information content (AvgIpc) is 2.21. The van der Waals surface area contributed by atoms with E-state index in [-0.39, 0.29) is 25.5 Å². The van der Waals surface area contributed by atoms with Crippen LogP contribution >= 0.6 is 0 Å². The van der Waals surface area contributed by atoms with Crippen molar-refractivity contribution in [1.29, 1.82) is 0 Å². The number of hydrogen-bond acceptors (Lipinski definition) is 0. The summed E-state index contributed by atoms with van der Waals surface area (Å²) in [5.41, 5.74) is 0. The fraction of sp³-hybridized carbons (Fsp3) is 1.00. The second kappa shape index (κ2) is 16.9. The van der Waals surface area contributed by atoms with E-state index in [1.807, 2.05) is 0 Å². The van der Waals surface area contributed by atoms with Crippen molar-refractivity contribution in [3.05, 3.63) is 0 Å². The van der Waals surface area contributed by atoms with Crippen LogP contribution in [0.1, 0.15) is 77.6 Å². The van der Waals surface area contributed by atoms with E-state index in [9.17, 15) is 4.39 Å². The Morgan fingerprint density at radius 3 is 1.27 bits per heavy atom. The molecule has 0 aliphatic rings. The summed E-state index contributed by atoms with van der Waals surface area (Å²) in [5.74, 6) is 0. The number of unbranched alkanes of at least 4 members (excludes halogenated alkanes) is 10. The third-order valence-electron chi connectivity index (χ3n) is 2.74. The quantitative estimate of drug-likeness (QED) is 0.345. The maximum absolute atomic E-state index is 11.7. The van der Waals surface area contributed by atoms with Crippen molar-refractivity contribution in [2.24, 2.45) is 0 Å². The van der Waals surface area contributed by atoms with Gasteiger partial charge >= 0.3 is 18.9 Å². The van der Waals surface area contributed by atoms with Gasteiger partial charge in [-0.2, -0.15) is 0 Å². The van der Waals surface area contributed by atoms with Gasteiger partial charge in [-0.25, -0.2) is 0 Å². The van der Waals surface area contributed by atoms with Crippen LogP contribution in [0.4, 0.5) is 4.39 Å². The molecule has 0 unspecified atom stereocenters. The molecule has 0 bridgehead atoms. The summed E-state index contributed by atoms with van der Waals surface area (Å²) >= 11 is 0. The Hall–Kier alpha value is 0.527. The number of alkyl halides is 1. The topological polar surface area (TPSA) is 0 Å². The number of hydrogen-bond donors (Lipinski definition) is 0. The van der Waals surface area contributed by atoms with Crippen LogP contribution in [-0.4, -0.2) is 25.5 Å². The molecule has 15 heavy (non-hydrogen) atoms. The van der Waals surface area contributed by atoms with E-state index < -0.39 is 0 Å². The molecule has 0 saturated carbocycles. The Balaban J connectivity index is 0. The summed E-state index contributed by atoms with van der Waals surface area (Å²) in [4.78, 5) is 0. The molecule has 0 aliphatic carbocycles. The van der Waals surface area contributed by atoms with Crippen LogP contribution < -0.4 is 0 Å². The summed E-state index contributed by atoms with van der Waals surface area (Å²) in [5, 5.41) is 0. The van der Waals surface area contributed by atoms with E-state index in [1.54, 1.807) is 0 Å². The summed E-state index contributed by atoms with van der Waals surface area (Å²) < 4.78 is 11.7. The standard InChI is InChI=1S/C13H27F.Li.H/c1-2-3-4-5-6-7-8-9-10-11-12-13-14;;/h2-13H2,1H3;;. The maximum atomic E-state index is 11.7. The van der Waals surface area contributed by atoms with Crippen molar-refractivity contribution in [3.63, 3.8) is 0 Å². The molecule has 0 aromatic rings. The Morgan fingerprint density at radius 1 is 0.600 bits per heavy atom. The molecule has 0 N–H and O–H groups in total. The zero-order valence-corrected chi connectivity index (χ0v) is 9.86. The van der Waals surface area contributed by atoms with Crippen molar-refractivity contribution in [2.45, 2.75) is 77.6 Å².